The Hall–Kier alpha value is -2.73. The van der Waals surface area contributed by atoms with Crippen LogP contribution in [0.1, 0.15) is 11.3 Å². The summed E-state index contributed by atoms with van der Waals surface area (Å²) in [6, 6.07) is 15.4. The molecule has 2 aromatic heterocycles. The average molecular weight is 367 g/mol. The molecule has 0 unspecified atom stereocenters. The number of aromatic nitrogens is 2. The molecule has 0 aliphatic heterocycles. The fraction of sp³-hybridized carbons (Fsp3) is 0.150. The maximum absolute atomic E-state index is 13.2. The van der Waals surface area contributed by atoms with E-state index < -0.39 is 0 Å². The number of carbonyl (C=O) groups excluding carboxylic acids is 1. The lowest BCUT2D eigenvalue weighted by Crippen LogP contribution is -2.32. The molecule has 0 saturated carbocycles. The number of hydrogen-bond donors (Lipinski definition) is 0. The average Bonchev–Trinajstić information content (AvgIpc) is 2.68. The Morgan fingerprint density at radius 2 is 1.88 bits per heavy atom. The Morgan fingerprint density at radius 3 is 2.58 bits per heavy atom. The number of thioether (sulfide) groups is 1. The number of halogens is 1. The van der Waals surface area contributed by atoms with Crippen LogP contribution in [-0.4, -0.2) is 21.6 Å². The van der Waals surface area contributed by atoms with E-state index in [0.29, 0.717) is 23.7 Å². The number of amides is 1. The smallest absolute Gasteiger partial charge is 0.237 e. The summed E-state index contributed by atoms with van der Waals surface area (Å²) < 4.78 is 13.2. The molecule has 0 spiro atoms. The predicted molar refractivity (Wildman–Crippen MR) is 102 cm³/mol. The summed E-state index contributed by atoms with van der Waals surface area (Å²) in [5, 5.41) is 0. The van der Waals surface area contributed by atoms with Crippen molar-refractivity contribution in [1.82, 2.24) is 9.97 Å². The number of benzene rings is 1. The highest BCUT2D eigenvalue weighted by atomic mass is 32.2. The van der Waals surface area contributed by atoms with E-state index in [-0.39, 0.29) is 11.7 Å². The van der Waals surface area contributed by atoms with E-state index in [0.717, 1.165) is 11.3 Å². The minimum absolute atomic E-state index is 0.0452. The Labute approximate surface area is 156 Å². The van der Waals surface area contributed by atoms with Gasteiger partial charge in [0.1, 0.15) is 5.82 Å². The van der Waals surface area contributed by atoms with Crippen molar-refractivity contribution < 1.29 is 9.18 Å². The van der Waals surface area contributed by atoms with Crippen LogP contribution in [0.4, 0.5) is 10.1 Å². The minimum atomic E-state index is -0.329. The summed E-state index contributed by atoms with van der Waals surface area (Å²) in [7, 11) is 0. The van der Waals surface area contributed by atoms with E-state index in [9.17, 15) is 9.18 Å². The first-order valence-corrected chi connectivity index (χ1v) is 9.30. The molecule has 2 heterocycles. The highest BCUT2D eigenvalue weighted by Gasteiger charge is 2.17. The lowest BCUT2D eigenvalue weighted by Gasteiger charge is -2.22. The van der Waals surface area contributed by atoms with E-state index in [4.69, 9.17) is 0 Å². The van der Waals surface area contributed by atoms with Gasteiger partial charge < -0.3 is 4.90 Å². The van der Waals surface area contributed by atoms with Crippen molar-refractivity contribution in [2.24, 2.45) is 0 Å². The molecule has 6 heteroatoms. The molecule has 3 rings (SSSR count). The SMILES string of the molecule is O=C(CSCc1cccnc1)N(Cc1ccccn1)c1ccc(F)cc1. The second kappa shape index (κ2) is 9.10. The molecular weight excluding hydrogens is 349 g/mol. The summed E-state index contributed by atoms with van der Waals surface area (Å²) in [6.07, 6.45) is 5.21. The van der Waals surface area contributed by atoms with Gasteiger partial charge in [0.15, 0.2) is 0 Å². The second-order valence-electron chi connectivity index (χ2n) is 5.63. The van der Waals surface area contributed by atoms with Gasteiger partial charge in [0.25, 0.3) is 0 Å². The summed E-state index contributed by atoms with van der Waals surface area (Å²) in [5.41, 5.74) is 2.51. The topological polar surface area (TPSA) is 46.1 Å². The van der Waals surface area contributed by atoms with E-state index in [1.807, 2.05) is 30.3 Å². The van der Waals surface area contributed by atoms with Gasteiger partial charge in [-0.05, 0) is 48.0 Å². The maximum atomic E-state index is 13.2. The first kappa shape index (κ1) is 18.1. The van der Waals surface area contributed by atoms with Crippen LogP contribution in [0, 0.1) is 5.82 Å². The van der Waals surface area contributed by atoms with Crippen LogP contribution >= 0.6 is 11.8 Å². The number of hydrogen-bond acceptors (Lipinski definition) is 4. The summed E-state index contributed by atoms with van der Waals surface area (Å²) in [6.45, 7) is 0.346. The van der Waals surface area contributed by atoms with Gasteiger partial charge in [-0.3, -0.25) is 14.8 Å². The van der Waals surface area contributed by atoms with Crippen molar-refractivity contribution >= 4 is 23.4 Å². The molecule has 26 heavy (non-hydrogen) atoms. The molecule has 3 aromatic rings. The standard InChI is InChI=1S/C20H18FN3OS/c21-17-6-8-19(9-7-17)24(13-18-5-1-2-11-23-18)20(25)15-26-14-16-4-3-10-22-12-16/h1-12H,13-15H2. The van der Waals surface area contributed by atoms with Crippen molar-refractivity contribution in [3.05, 3.63) is 90.3 Å². The molecule has 0 bridgehead atoms. The zero-order valence-corrected chi connectivity index (χ0v) is 14.9. The van der Waals surface area contributed by atoms with Crippen molar-refractivity contribution in [1.29, 1.82) is 0 Å². The Balaban J connectivity index is 1.69. The molecule has 4 nitrogen and oxygen atoms in total. The first-order valence-electron chi connectivity index (χ1n) is 8.15. The second-order valence-corrected chi connectivity index (χ2v) is 6.62. The Bertz CT molecular complexity index is 829. The zero-order chi connectivity index (χ0) is 18.2. The summed E-state index contributed by atoms with van der Waals surface area (Å²) >= 11 is 1.53. The lowest BCUT2D eigenvalue weighted by molar-refractivity contribution is -0.116. The van der Waals surface area contributed by atoms with Gasteiger partial charge in [0.2, 0.25) is 5.91 Å². The zero-order valence-electron chi connectivity index (χ0n) is 14.1. The highest BCUT2D eigenvalue weighted by molar-refractivity contribution is 7.99. The van der Waals surface area contributed by atoms with Gasteiger partial charge in [-0.25, -0.2) is 4.39 Å². The first-order chi connectivity index (χ1) is 12.7. The van der Waals surface area contributed by atoms with Gasteiger partial charge in [0, 0.05) is 30.0 Å². The third-order valence-corrected chi connectivity index (χ3v) is 4.69. The van der Waals surface area contributed by atoms with Crippen LogP contribution in [0.3, 0.4) is 0 Å². The Morgan fingerprint density at radius 1 is 1.04 bits per heavy atom. The third kappa shape index (κ3) is 5.13. The quantitative estimate of drug-likeness (QED) is 0.631. The van der Waals surface area contributed by atoms with Crippen LogP contribution in [0.15, 0.2) is 73.2 Å². The normalized spacial score (nSPS) is 10.5. The monoisotopic (exact) mass is 367 g/mol. The number of carbonyl (C=O) groups is 1. The number of pyridine rings is 2. The van der Waals surface area contributed by atoms with Crippen molar-refractivity contribution in [3.8, 4) is 0 Å². The molecule has 0 aliphatic carbocycles. The fourth-order valence-corrected chi connectivity index (χ4v) is 3.25. The molecule has 0 saturated heterocycles. The van der Waals surface area contributed by atoms with Gasteiger partial charge >= 0.3 is 0 Å². The molecule has 132 valence electrons. The third-order valence-electron chi connectivity index (χ3n) is 3.70. The number of anilines is 1. The lowest BCUT2D eigenvalue weighted by atomic mass is 10.2. The van der Waals surface area contributed by atoms with Crippen LogP contribution in [0.2, 0.25) is 0 Å². The Kier molecular flexibility index (Phi) is 6.33. The van der Waals surface area contributed by atoms with Crippen molar-refractivity contribution in [2.75, 3.05) is 10.7 Å². The van der Waals surface area contributed by atoms with E-state index in [2.05, 4.69) is 9.97 Å². The van der Waals surface area contributed by atoms with Crippen LogP contribution in [-0.2, 0) is 17.1 Å². The molecule has 0 radical (unpaired) electrons. The van der Waals surface area contributed by atoms with Gasteiger partial charge in [-0.1, -0.05) is 12.1 Å². The predicted octanol–water partition coefficient (Wildman–Crippen LogP) is 4.08. The maximum Gasteiger partial charge on any atom is 0.237 e. The van der Waals surface area contributed by atoms with Gasteiger partial charge in [0.05, 0.1) is 18.0 Å². The van der Waals surface area contributed by atoms with Crippen LogP contribution in [0.25, 0.3) is 0 Å². The summed E-state index contributed by atoms with van der Waals surface area (Å²) in [4.78, 5) is 22.8. The molecule has 0 atom stereocenters. The molecular formula is C20H18FN3OS. The van der Waals surface area contributed by atoms with E-state index in [1.165, 1.54) is 23.9 Å². The van der Waals surface area contributed by atoms with E-state index in [1.54, 1.807) is 35.6 Å². The minimum Gasteiger partial charge on any atom is -0.306 e. The van der Waals surface area contributed by atoms with E-state index >= 15 is 0 Å². The molecule has 0 fully saturated rings. The fourth-order valence-electron chi connectivity index (χ4n) is 2.42. The van der Waals surface area contributed by atoms with Gasteiger partial charge in [-0.2, -0.15) is 0 Å². The van der Waals surface area contributed by atoms with Crippen LogP contribution < -0.4 is 4.90 Å². The molecule has 0 aliphatic rings. The molecule has 1 amide bonds. The molecule has 0 N–H and O–H groups in total. The largest absolute Gasteiger partial charge is 0.306 e. The number of rotatable bonds is 7. The van der Waals surface area contributed by atoms with Gasteiger partial charge in [-0.15, -0.1) is 11.8 Å². The molecule has 1 aromatic carbocycles. The van der Waals surface area contributed by atoms with Crippen molar-refractivity contribution in [3.63, 3.8) is 0 Å². The number of nitrogens with zero attached hydrogens (tertiary/aromatic N) is 3. The van der Waals surface area contributed by atoms with Crippen molar-refractivity contribution in [2.45, 2.75) is 12.3 Å². The highest BCUT2D eigenvalue weighted by Crippen LogP contribution is 2.20. The summed E-state index contributed by atoms with van der Waals surface area (Å²) in [5.74, 6) is 0.653. The van der Waals surface area contributed by atoms with Crippen LogP contribution in [0.5, 0.6) is 0 Å².